The Kier molecular flexibility index (Phi) is 7.44. The van der Waals surface area contributed by atoms with Crippen LogP contribution in [0.25, 0.3) is 0 Å². The van der Waals surface area contributed by atoms with Crippen LogP contribution in [0, 0.1) is 0 Å². The third kappa shape index (κ3) is 5.47. The summed E-state index contributed by atoms with van der Waals surface area (Å²) in [5.41, 5.74) is 0.779. The van der Waals surface area contributed by atoms with Crippen LogP contribution in [0.3, 0.4) is 0 Å². The molecule has 0 unspecified atom stereocenters. The standard InChI is InChI=1S/C15H26N4O3S/c1-5-19(6-2)23(21,22)12-11-17-15(20)18(4)13(3)14-9-7-8-10-16-14/h7-10,13H,5-6,11-12H2,1-4H3,(H,17,20)/t13-/m0/s1. The second kappa shape index (κ2) is 8.83. The van der Waals surface area contributed by atoms with Gasteiger partial charge in [-0.05, 0) is 19.1 Å². The van der Waals surface area contributed by atoms with Crippen LogP contribution in [0.2, 0.25) is 0 Å². The van der Waals surface area contributed by atoms with Gasteiger partial charge < -0.3 is 10.2 Å². The van der Waals surface area contributed by atoms with Gasteiger partial charge >= 0.3 is 6.03 Å². The maximum absolute atomic E-state index is 12.1. The molecule has 23 heavy (non-hydrogen) atoms. The van der Waals surface area contributed by atoms with Crippen molar-refractivity contribution >= 4 is 16.1 Å². The van der Waals surface area contributed by atoms with Crippen LogP contribution in [-0.2, 0) is 10.0 Å². The molecule has 2 amide bonds. The predicted octanol–water partition coefficient (Wildman–Crippen LogP) is 1.46. The summed E-state index contributed by atoms with van der Waals surface area (Å²) < 4.78 is 25.5. The molecule has 0 bridgehead atoms. The van der Waals surface area contributed by atoms with Crippen molar-refractivity contribution < 1.29 is 13.2 Å². The third-order valence-corrected chi connectivity index (χ3v) is 5.78. The minimum absolute atomic E-state index is 0.0803. The number of aromatic nitrogens is 1. The van der Waals surface area contributed by atoms with Crippen molar-refractivity contribution in [1.82, 2.24) is 19.5 Å². The number of hydrogen-bond acceptors (Lipinski definition) is 4. The fourth-order valence-electron chi connectivity index (χ4n) is 2.16. The van der Waals surface area contributed by atoms with Gasteiger partial charge in [-0.3, -0.25) is 4.98 Å². The quantitative estimate of drug-likeness (QED) is 0.775. The van der Waals surface area contributed by atoms with Gasteiger partial charge in [0.15, 0.2) is 0 Å². The van der Waals surface area contributed by atoms with Gasteiger partial charge in [-0.1, -0.05) is 19.9 Å². The number of urea groups is 1. The Morgan fingerprint density at radius 3 is 2.48 bits per heavy atom. The normalized spacial score (nSPS) is 12.9. The molecule has 0 aromatic carbocycles. The second-order valence-corrected chi connectivity index (χ2v) is 7.26. The summed E-state index contributed by atoms with van der Waals surface area (Å²) in [7, 11) is -1.67. The molecule has 1 N–H and O–H groups in total. The van der Waals surface area contributed by atoms with E-state index >= 15 is 0 Å². The number of nitrogens with one attached hydrogen (secondary N) is 1. The van der Waals surface area contributed by atoms with E-state index in [4.69, 9.17) is 0 Å². The topological polar surface area (TPSA) is 82.6 Å². The summed E-state index contributed by atoms with van der Waals surface area (Å²) in [6.07, 6.45) is 1.67. The Morgan fingerprint density at radius 2 is 1.96 bits per heavy atom. The number of hydrogen-bond donors (Lipinski definition) is 1. The largest absolute Gasteiger partial charge is 0.337 e. The molecule has 0 aliphatic carbocycles. The van der Waals surface area contributed by atoms with Gasteiger partial charge in [0.1, 0.15) is 0 Å². The number of sulfonamides is 1. The molecule has 0 fully saturated rings. The lowest BCUT2D eigenvalue weighted by molar-refractivity contribution is 0.194. The van der Waals surface area contributed by atoms with Crippen LogP contribution in [0.4, 0.5) is 4.79 Å². The molecule has 130 valence electrons. The maximum Gasteiger partial charge on any atom is 0.317 e. The third-order valence-electron chi connectivity index (χ3n) is 3.75. The molecule has 0 saturated heterocycles. The van der Waals surface area contributed by atoms with Crippen molar-refractivity contribution in [1.29, 1.82) is 0 Å². The number of nitrogens with zero attached hydrogens (tertiary/aromatic N) is 3. The molecule has 1 aromatic heterocycles. The molecule has 0 saturated carbocycles. The van der Waals surface area contributed by atoms with E-state index in [9.17, 15) is 13.2 Å². The Balaban J connectivity index is 2.53. The highest BCUT2D eigenvalue weighted by Crippen LogP contribution is 2.15. The number of rotatable bonds is 8. The highest BCUT2D eigenvalue weighted by Gasteiger charge is 2.21. The van der Waals surface area contributed by atoms with E-state index in [1.807, 2.05) is 25.1 Å². The molecule has 0 radical (unpaired) electrons. The van der Waals surface area contributed by atoms with Gasteiger partial charge in [-0.25, -0.2) is 17.5 Å². The van der Waals surface area contributed by atoms with Crippen molar-refractivity contribution in [3.63, 3.8) is 0 Å². The molecule has 0 spiro atoms. The number of carbonyl (C=O) groups excluding carboxylic acids is 1. The molecule has 1 heterocycles. The van der Waals surface area contributed by atoms with Crippen LogP contribution in [0.1, 0.15) is 32.5 Å². The molecule has 0 aliphatic heterocycles. The SMILES string of the molecule is CCN(CC)S(=O)(=O)CCNC(=O)N(C)[C@@H](C)c1ccccn1. The van der Waals surface area contributed by atoms with Gasteiger partial charge in [-0.2, -0.15) is 0 Å². The molecule has 1 atom stereocenters. The van der Waals surface area contributed by atoms with Gasteiger partial charge in [-0.15, -0.1) is 0 Å². The van der Waals surface area contributed by atoms with E-state index in [0.29, 0.717) is 13.1 Å². The van der Waals surface area contributed by atoms with E-state index < -0.39 is 10.0 Å². The molecule has 1 rings (SSSR count). The summed E-state index contributed by atoms with van der Waals surface area (Å²) >= 11 is 0. The van der Waals surface area contributed by atoms with Gasteiger partial charge in [0.05, 0.1) is 17.5 Å². The lowest BCUT2D eigenvalue weighted by atomic mass is 10.2. The van der Waals surface area contributed by atoms with Crippen molar-refractivity contribution in [3.05, 3.63) is 30.1 Å². The average Bonchev–Trinajstić information content (AvgIpc) is 2.54. The van der Waals surface area contributed by atoms with Crippen LogP contribution >= 0.6 is 0 Å². The first-order valence-corrected chi connectivity index (χ1v) is 9.33. The molecule has 8 heteroatoms. The first-order valence-electron chi connectivity index (χ1n) is 7.72. The fraction of sp³-hybridized carbons (Fsp3) is 0.600. The molecular formula is C15H26N4O3S. The van der Waals surface area contributed by atoms with Gasteiger partial charge in [0.2, 0.25) is 10.0 Å². The lowest BCUT2D eigenvalue weighted by Gasteiger charge is -2.25. The van der Waals surface area contributed by atoms with E-state index in [0.717, 1.165) is 5.69 Å². The highest BCUT2D eigenvalue weighted by molar-refractivity contribution is 7.89. The van der Waals surface area contributed by atoms with Crippen LogP contribution < -0.4 is 5.32 Å². The van der Waals surface area contributed by atoms with E-state index in [1.165, 1.54) is 9.21 Å². The fourth-order valence-corrected chi connectivity index (χ4v) is 3.56. The Morgan fingerprint density at radius 1 is 1.30 bits per heavy atom. The molecular weight excluding hydrogens is 316 g/mol. The van der Waals surface area contributed by atoms with Crippen molar-refractivity contribution in [2.24, 2.45) is 0 Å². The van der Waals surface area contributed by atoms with Gasteiger partial charge in [0.25, 0.3) is 0 Å². The zero-order valence-corrected chi connectivity index (χ0v) is 15.0. The zero-order chi connectivity index (χ0) is 17.5. The minimum atomic E-state index is -3.33. The molecule has 1 aromatic rings. The summed E-state index contributed by atoms with van der Waals surface area (Å²) in [6, 6.07) is 5.00. The lowest BCUT2D eigenvalue weighted by Crippen LogP contribution is -2.42. The monoisotopic (exact) mass is 342 g/mol. The van der Waals surface area contributed by atoms with Crippen molar-refractivity contribution in [2.45, 2.75) is 26.8 Å². The summed E-state index contributed by atoms with van der Waals surface area (Å²) in [6.45, 7) is 6.40. The zero-order valence-electron chi connectivity index (χ0n) is 14.2. The smallest absolute Gasteiger partial charge is 0.317 e. The number of carbonyl (C=O) groups is 1. The van der Waals surface area contributed by atoms with Crippen molar-refractivity contribution in [2.75, 3.05) is 32.4 Å². The summed E-state index contributed by atoms with van der Waals surface area (Å²) in [5.74, 6) is -0.105. The summed E-state index contributed by atoms with van der Waals surface area (Å²) in [4.78, 5) is 17.9. The van der Waals surface area contributed by atoms with Gasteiger partial charge in [0, 0.05) is 32.9 Å². The van der Waals surface area contributed by atoms with E-state index in [-0.39, 0.29) is 24.4 Å². The first kappa shape index (κ1) is 19.4. The Bertz CT molecular complexity index is 588. The van der Waals surface area contributed by atoms with Crippen LogP contribution in [-0.4, -0.2) is 61.1 Å². The molecule has 7 nitrogen and oxygen atoms in total. The Hall–Kier alpha value is -1.67. The number of amides is 2. The maximum atomic E-state index is 12.1. The van der Waals surface area contributed by atoms with E-state index in [1.54, 1.807) is 27.1 Å². The predicted molar refractivity (Wildman–Crippen MR) is 90.5 cm³/mol. The highest BCUT2D eigenvalue weighted by atomic mass is 32.2. The molecule has 0 aliphatic rings. The number of pyridine rings is 1. The average molecular weight is 342 g/mol. The summed E-state index contributed by atoms with van der Waals surface area (Å²) in [5, 5.41) is 2.65. The van der Waals surface area contributed by atoms with Crippen molar-refractivity contribution in [3.8, 4) is 0 Å². The second-order valence-electron chi connectivity index (χ2n) is 5.17. The first-order chi connectivity index (χ1) is 10.8. The van der Waals surface area contributed by atoms with Crippen LogP contribution in [0.5, 0.6) is 0 Å². The van der Waals surface area contributed by atoms with E-state index in [2.05, 4.69) is 10.3 Å². The minimum Gasteiger partial charge on any atom is -0.337 e. The van der Waals surface area contributed by atoms with Crippen LogP contribution in [0.15, 0.2) is 24.4 Å². The Labute approximate surface area is 138 Å².